The van der Waals surface area contributed by atoms with Crippen LogP contribution < -0.4 is 5.32 Å². The van der Waals surface area contributed by atoms with Crippen LogP contribution in [0, 0.1) is 5.92 Å². The quantitative estimate of drug-likeness (QED) is 0.751. The van der Waals surface area contributed by atoms with Crippen LogP contribution in [0.1, 0.15) is 29.2 Å². The van der Waals surface area contributed by atoms with Crippen LogP contribution in [0.3, 0.4) is 0 Å². The summed E-state index contributed by atoms with van der Waals surface area (Å²) in [7, 11) is 0. The molecule has 5 heteroatoms. The minimum Gasteiger partial charge on any atom is -0.317 e. The first-order valence-corrected chi connectivity index (χ1v) is 8.43. The van der Waals surface area contributed by atoms with E-state index in [9.17, 15) is 4.79 Å². The highest BCUT2D eigenvalue weighted by atomic mass is 16.1. The van der Waals surface area contributed by atoms with Crippen LogP contribution in [-0.2, 0) is 6.54 Å². The van der Waals surface area contributed by atoms with E-state index in [1.165, 1.54) is 0 Å². The molecule has 0 bridgehead atoms. The highest BCUT2D eigenvalue weighted by Crippen LogP contribution is 2.23. The minimum absolute atomic E-state index is 0.0607. The number of nitrogens with zero attached hydrogens (tertiary/aromatic N) is 3. The lowest BCUT2D eigenvalue weighted by Crippen LogP contribution is -2.33. The summed E-state index contributed by atoms with van der Waals surface area (Å²) in [5.74, 6) is 0.780. The number of imidazole rings is 1. The molecule has 3 aromatic rings. The van der Waals surface area contributed by atoms with Crippen molar-refractivity contribution in [2.75, 3.05) is 13.1 Å². The van der Waals surface area contributed by atoms with Crippen molar-refractivity contribution in [2.45, 2.75) is 19.4 Å². The van der Waals surface area contributed by atoms with E-state index in [2.05, 4.69) is 15.3 Å². The van der Waals surface area contributed by atoms with Gasteiger partial charge in [0.2, 0.25) is 5.78 Å². The first-order chi connectivity index (χ1) is 11.8. The predicted molar refractivity (Wildman–Crippen MR) is 93.0 cm³/mol. The van der Waals surface area contributed by atoms with Gasteiger partial charge in [-0.05, 0) is 50.2 Å². The van der Waals surface area contributed by atoms with Gasteiger partial charge in [0, 0.05) is 12.1 Å². The van der Waals surface area contributed by atoms with Gasteiger partial charge < -0.3 is 9.88 Å². The SMILES string of the molecule is O=C(c1nc2ccccc2n1Cc1ccccn1)C1CCNCC1. The summed E-state index contributed by atoms with van der Waals surface area (Å²) in [6, 6.07) is 13.8. The van der Waals surface area contributed by atoms with Gasteiger partial charge in [0.1, 0.15) is 0 Å². The molecule has 4 rings (SSSR count). The second kappa shape index (κ2) is 6.53. The Morgan fingerprint density at radius 3 is 2.71 bits per heavy atom. The highest BCUT2D eigenvalue weighted by Gasteiger charge is 2.27. The van der Waals surface area contributed by atoms with Crippen molar-refractivity contribution in [1.82, 2.24) is 19.9 Å². The van der Waals surface area contributed by atoms with E-state index >= 15 is 0 Å². The van der Waals surface area contributed by atoms with Gasteiger partial charge >= 0.3 is 0 Å². The molecule has 1 N–H and O–H groups in total. The van der Waals surface area contributed by atoms with Crippen LogP contribution in [0.2, 0.25) is 0 Å². The number of pyridine rings is 1. The molecule has 5 nitrogen and oxygen atoms in total. The van der Waals surface area contributed by atoms with Gasteiger partial charge in [0.15, 0.2) is 5.82 Å². The van der Waals surface area contributed by atoms with Gasteiger partial charge in [0.05, 0.1) is 23.3 Å². The van der Waals surface area contributed by atoms with Gasteiger partial charge in [-0.15, -0.1) is 0 Å². The molecule has 2 aromatic heterocycles. The van der Waals surface area contributed by atoms with Crippen LogP contribution in [0.15, 0.2) is 48.7 Å². The summed E-state index contributed by atoms with van der Waals surface area (Å²) in [5.41, 5.74) is 2.78. The standard InChI is InChI=1S/C19H20N4O/c24-18(14-8-11-20-12-9-14)19-22-16-6-1-2-7-17(16)23(19)13-15-5-3-4-10-21-15/h1-7,10,14,20H,8-9,11-13H2. The minimum atomic E-state index is 0.0607. The second-order valence-electron chi connectivity index (χ2n) is 6.22. The van der Waals surface area contributed by atoms with E-state index in [1.54, 1.807) is 6.20 Å². The van der Waals surface area contributed by atoms with E-state index in [0.717, 1.165) is 42.7 Å². The van der Waals surface area contributed by atoms with Crippen molar-refractivity contribution in [3.05, 3.63) is 60.2 Å². The highest BCUT2D eigenvalue weighted by molar-refractivity contribution is 5.98. The van der Waals surface area contributed by atoms with Crippen molar-refractivity contribution in [3.8, 4) is 0 Å². The normalized spacial score (nSPS) is 15.7. The van der Waals surface area contributed by atoms with Crippen LogP contribution >= 0.6 is 0 Å². The summed E-state index contributed by atoms with van der Waals surface area (Å²) in [4.78, 5) is 22.1. The number of Topliss-reactive ketones (excluding diaryl/α,β-unsaturated/α-hetero) is 1. The fourth-order valence-corrected chi connectivity index (χ4v) is 3.34. The van der Waals surface area contributed by atoms with Gasteiger partial charge in [-0.3, -0.25) is 9.78 Å². The molecule has 24 heavy (non-hydrogen) atoms. The molecule has 1 saturated heterocycles. The number of hydrogen-bond donors (Lipinski definition) is 1. The summed E-state index contributed by atoms with van der Waals surface area (Å²) < 4.78 is 2.02. The second-order valence-corrected chi connectivity index (χ2v) is 6.22. The molecular weight excluding hydrogens is 300 g/mol. The molecule has 0 unspecified atom stereocenters. The number of fused-ring (bicyclic) bond motifs is 1. The number of rotatable bonds is 4. The third-order valence-corrected chi connectivity index (χ3v) is 4.63. The average Bonchev–Trinajstić information content (AvgIpc) is 3.01. The first kappa shape index (κ1) is 15.0. The maximum Gasteiger partial charge on any atom is 0.201 e. The fourth-order valence-electron chi connectivity index (χ4n) is 3.34. The van der Waals surface area contributed by atoms with Crippen molar-refractivity contribution in [1.29, 1.82) is 0 Å². The van der Waals surface area contributed by atoms with Gasteiger partial charge in [-0.25, -0.2) is 4.98 Å². The zero-order valence-electron chi connectivity index (χ0n) is 13.5. The smallest absolute Gasteiger partial charge is 0.201 e. The number of piperidine rings is 1. The van der Waals surface area contributed by atoms with E-state index in [-0.39, 0.29) is 11.7 Å². The molecule has 122 valence electrons. The monoisotopic (exact) mass is 320 g/mol. The molecular formula is C19H20N4O. The molecule has 0 spiro atoms. The Labute approximate surface area is 140 Å². The number of nitrogens with one attached hydrogen (secondary N) is 1. The Bertz CT molecular complexity index is 850. The maximum atomic E-state index is 13.0. The molecule has 0 aliphatic carbocycles. The van der Waals surface area contributed by atoms with E-state index < -0.39 is 0 Å². The molecule has 1 aliphatic heterocycles. The number of carbonyl (C=O) groups is 1. The van der Waals surface area contributed by atoms with Crippen LogP contribution in [0.5, 0.6) is 0 Å². The van der Waals surface area contributed by atoms with E-state index in [0.29, 0.717) is 12.4 Å². The summed E-state index contributed by atoms with van der Waals surface area (Å²) >= 11 is 0. The Morgan fingerprint density at radius 1 is 1.12 bits per heavy atom. The number of ketones is 1. The number of carbonyl (C=O) groups excluding carboxylic acids is 1. The molecule has 1 fully saturated rings. The summed E-state index contributed by atoms with van der Waals surface area (Å²) in [6.45, 7) is 2.36. The van der Waals surface area contributed by atoms with E-state index in [4.69, 9.17) is 0 Å². The lowest BCUT2D eigenvalue weighted by molar-refractivity contribution is 0.0880. The average molecular weight is 320 g/mol. The number of para-hydroxylation sites is 2. The Morgan fingerprint density at radius 2 is 1.92 bits per heavy atom. The summed E-state index contributed by atoms with van der Waals surface area (Å²) in [6.07, 6.45) is 3.54. The van der Waals surface area contributed by atoms with Crippen LogP contribution in [-0.4, -0.2) is 33.4 Å². The molecule has 3 heterocycles. The largest absolute Gasteiger partial charge is 0.317 e. The van der Waals surface area contributed by atoms with Gasteiger partial charge in [-0.1, -0.05) is 18.2 Å². The molecule has 1 aromatic carbocycles. The molecule has 0 atom stereocenters. The fraction of sp³-hybridized carbons (Fsp3) is 0.316. The van der Waals surface area contributed by atoms with Crippen molar-refractivity contribution < 1.29 is 4.79 Å². The van der Waals surface area contributed by atoms with Gasteiger partial charge in [0.25, 0.3) is 0 Å². The summed E-state index contributed by atoms with van der Waals surface area (Å²) in [5, 5.41) is 3.31. The van der Waals surface area contributed by atoms with Crippen molar-refractivity contribution in [2.24, 2.45) is 5.92 Å². The third-order valence-electron chi connectivity index (χ3n) is 4.63. The van der Waals surface area contributed by atoms with E-state index in [1.807, 2.05) is 47.0 Å². The van der Waals surface area contributed by atoms with Crippen molar-refractivity contribution in [3.63, 3.8) is 0 Å². The topological polar surface area (TPSA) is 59.8 Å². The molecule has 1 aliphatic rings. The number of benzene rings is 1. The van der Waals surface area contributed by atoms with Crippen molar-refractivity contribution >= 4 is 16.8 Å². The lowest BCUT2D eigenvalue weighted by atomic mass is 9.93. The Hall–Kier alpha value is -2.53. The predicted octanol–water partition coefficient (Wildman–Crippen LogP) is 2.66. The lowest BCUT2D eigenvalue weighted by Gasteiger charge is -2.21. The first-order valence-electron chi connectivity index (χ1n) is 8.43. The molecule has 0 saturated carbocycles. The molecule has 0 radical (unpaired) electrons. The number of hydrogen-bond acceptors (Lipinski definition) is 4. The zero-order valence-corrected chi connectivity index (χ0v) is 13.5. The molecule has 0 amide bonds. The maximum absolute atomic E-state index is 13.0. The zero-order chi connectivity index (χ0) is 16.4. The Kier molecular flexibility index (Phi) is 4.09. The van der Waals surface area contributed by atoms with Crippen LogP contribution in [0.4, 0.5) is 0 Å². The Balaban J connectivity index is 1.76. The number of aromatic nitrogens is 3. The van der Waals surface area contributed by atoms with Crippen LogP contribution in [0.25, 0.3) is 11.0 Å². The van der Waals surface area contributed by atoms with Gasteiger partial charge in [-0.2, -0.15) is 0 Å². The third kappa shape index (κ3) is 2.83.